The molecule has 1 amide bonds. The molecule has 2 N–H and O–H groups in total. The molecule has 0 radical (unpaired) electrons. The van der Waals surface area contributed by atoms with Gasteiger partial charge >= 0.3 is 0 Å². The standard InChI is InChI=1S/C16H17N5OS/c1-10(21-9-18-11-4-2-3-5-13(11)21)15(22)20-7-6-12-14(8-20)23-16(17)19-12/h2-5,9-10H,6-8H2,1H3,(H2,17,19)/t10-/m0/s1. The van der Waals surface area contributed by atoms with Gasteiger partial charge in [0, 0.05) is 17.8 Å². The van der Waals surface area contributed by atoms with Gasteiger partial charge in [-0.1, -0.05) is 12.1 Å². The Morgan fingerprint density at radius 3 is 3.09 bits per heavy atom. The van der Waals surface area contributed by atoms with Crippen LogP contribution in [0.5, 0.6) is 0 Å². The molecule has 3 heterocycles. The third kappa shape index (κ3) is 2.37. The van der Waals surface area contributed by atoms with E-state index in [9.17, 15) is 4.79 Å². The van der Waals surface area contributed by atoms with Crippen molar-refractivity contribution in [1.82, 2.24) is 19.4 Å². The normalized spacial score (nSPS) is 15.6. The van der Waals surface area contributed by atoms with Gasteiger partial charge in [0.05, 0.1) is 29.6 Å². The Morgan fingerprint density at radius 2 is 2.22 bits per heavy atom. The number of amides is 1. The van der Waals surface area contributed by atoms with Gasteiger partial charge in [0.15, 0.2) is 5.13 Å². The van der Waals surface area contributed by atoms with Crippen LogP contribution in [-0.2, 0) is 17.8 Å². The lowest BCUT2D eigenvalue weighted by molar-refractivity contribution is -0.135. The number of imidazole rings is 1. The van der Waals surface area contributed by atoms with Crippen LogP contribution in [-0.4, -0.2) is 31.9 Å². The highest BCUT2D eigenvalue weighted by molar-refractivity contribution is 7.15. The third-order valence-electron chi connectivity index (χ3n) is 4.32. The van der Waals surface area contributed by atoms with Crippen molar-refractivity contribution in [2.24, 2.45) is 0 Å². The lowest BCUT2D eigenvalue weighted by Gasteiger charge is -2.29. The third-order valence-corrected chi connectivity index (χ3v) is 5.23. The number of hydrogen-bond donors (Lipinski definition) is 1. The van der Waals surface area contributed by atoms with Gasteiger partial charge < -0.3 is 15.2 Å². The van der Waals surface area contributed by atoms with Gasteiger partial charge in [0.2, 0.25) is 5.91 Å². The number of carbonyl (C=O) groups is 1. The predicted molar refractivity (Wildman–Crippen MR) is 90.1 cm³/mol. The largest absolute Gasteiger partial charge is 0.375 e. The average molecular weight is 327 g/mol. The van der Waals surface area contributed by atoms with Crippen LogP contribution in [0.1, 0.15) is 23.5 Å². The fourth-order valence-corrected chi connectivity index (χ4v) is 3.97. The van der Waals surface area contributed by atoms with E-state index in [0.29, 0.717) is 18.2 Å². The van der Waals surface area contributed by atoms with E-state index in [-0.39, 0.29) is 11.9 Å². The van der Waals surface area contributed by atoms with Crippen molar-refractivity contribution < 1.29 is 4.79 Å². The van der Waals surface area contributed by atoms with E-state index in [1.54, 1.807) is 6.33 Å². The molecule has 3 aromatic rings. The number of fused-ring (bicyclic) bond motifs is 2. The fourth-order valence-electron chi connectivity index (χ4n) is 3.07. The number of nitrogen functional groups attached to an aromatic ring is 1. The zero-order valence-corrected chi connectivity index (χ0v) is 13.6. The van der Waals surface area contributed by atoms with Gasteiger partial charge in [-0.2, -0.15) is 0 Å². The van der Waals surface area contributed by atoms with Crippen molar-refractivity contribution in [3.8, 4) is 0 Å². The molecule has 0 saturated carbocycles. The van der Waals surface area contributed by atoms with E-state index in [4.69, 9.17) is 5.73 Å². The molecule has 23 heavy (non-hydrogen) atoms. The van der Waals surface area contributed by atoms with Crippen molar-refractivity contribution >= 4 is 33.4 Å². The first-order valence-electron chi connectivity index (χ1n) is 7.58. The predicted octanol–water partition coefficient (Wildman–Crippen LogP) is 2.22. The van der Waals surface area contributed by atoms with E-state index in [1.807, 2.05) is 40.7 Å². The molecule has 0 aliphatic carbocycles. The van der Waals surface area contributed by atoms with Crippen LogP contribution in [0.4, 0.5) is 5.13 Å². The molecule has 0 spiro atoms. The number of hydrogen-bond acceptors (Lipinski definition) is 5. The summed E-state index contributed by atoms with van der Waals surface area (Å²) in [6.07, 6.45) is 2.51. The van der Waals surface area contributed by atoms with Crippen LogP contribution in [0.2, 0.25) is 0 Å². The van der Waals surface area contributed by atoms with E-state index in [1.165, 1.54) is 11.3 Å². The van der Waals surface area contributed by atoms with Gasteiger partial charge in [-0.05, 0) is 19.1 Å². The van der Waals surface area contributed by atoms with Crippen molar-refractivity contribution in [2.45, 2.75) is 25.9 Å². The van der Waals surface area contributed by atoms with Crippen LogP contribution in [0.3, 0.4) is 0 Å². The molecule has 4 rings (SSSR count). The summed E-state index contributed by atoms with van der Waals surface area (Å²) in [5.74, 6) is 0.103. The average Bonchev–Trinajstić information content (AvgIpc) is 3.15. The number of para-hydroxylation sites is 2. The number of rotatable bonds is 2. The number of anilines is 1. The molecule has 1 aliphatic heterocycles. The number of aromatic nitrogens is 3. The lowest BCUT2D eigenvalue weighted by Crippen LogP contribution is -2.39. The molecule has 118 valence electrons. The second-order valence-corrected chi connectivity index (χ2v) is 6.86. The van der Waals surface area contributed by atoms with Crippen molar-refractivity contribution in [1.29, 1.82) is 0 Å². The maximum Gasteiger partial charge on any atom is 0.245 e. The summed E-state index contributed by atoms with van der Waals surface area (Å²) in [5.41, 5.74) is 8.70. The van der Waals surface area contributed by atoms with Gasteiger partial charge in [-0.15, -0.1) is 11.3 Å². The summed E-state index contributed by atoms with van der Waals surface area (Å²) in [5, 5.41) is 0.581. The minimum atomic E-state index is -0.283. The topological polar surface area (TPSA) is 77.0 Å². The zero-order chi connectivity index (χ0) is 16.0. The SMILES string of the molecule is C[C@@H](C(=O)N1CCc2nc(N)sc2C1)n1cnc2ccccc21. The maximum absolute atomic E-state index is 12.9. The maximum atomic E-state index is 12.9. The summed E-state index contributed by atoms with van der Waals surface area (Å²) >= 11 is 1.48. The Morgan fingerprint density at radius 1 is 1.39 bits per heavy atom. The Kier molecular flexibility index (Phi) is 3.30. The van der Waals surface area contributed by atoms with Crippen LogP contribution < -0.4 is 5.73 Å². The summed E-state index contributed by atoms with van der Waals surface area (Å²) in [6.45, 7) is 3.21. The molecule has 1 aliphatic rings. The molecular weight excluding hydrogens is 310 g/mol. The Labute approximate surface area is 137 Å². The second kappa shape index (κ2) is 5.34. The molecule has 1 aromatic carbocycles. The smallest absolute Gasteiger partial charge is 0.245 e. The first-order valence-corrected chi connectivity index (χ1v) is 8.39. The molecule has 7 heteroatoms. The Bertz CT molecular complexity index is 884. The molecule has 0 unspecified atom stereocenters. The summed E-state index contributed by atoms with van der Waals surface area (Å²) in [4.78, 5) is 24.6. The number of benzene rings is 1. The molecule has 0 bridgehead atoms. The van der Waals surface area contributed by atoms with Gasteiger partial charge in [0.1, 0.15) is 6.04 Å². The first kappa shape index (κ1) is 14.2. The Hall–Kier alpha value is -2.41. The Balaban J connectivity index is 1.59. The highest BCUT2D eigenvalue weighted by Crippen LogP contribution is 2.28. The van der Waals surface area contributed by atoms with E-state index in [0.717, 1.165) is 28.0 Å². The first-order chi connectivity index (χ1) is 11.1. The molecule has 0 fully saturated rings. The summed E-state index contributed by atoms with van der Waals surface area (Å²) < 4.78 is 1.94. The second-order valence-electron chi connectivity index (χ2n) is 5.75. The minimum absolute atomic E-state index is 0.103. The van der Waals surface area contributed by atoms with Crippen LogP contribution >= 0.6 is 11.3 Å². The highest BCUT2D eigenvalue weighted by atomic mass is 32.1. The van der Waals surface area contributed by atoms with Crippen molar-refractivity contribution in [3.05, 3.63) is 41.2 Å². The molecule has 6 nitrogen and oxygen atoms in total. The van der Waals surface area contributed by atoms with Gasteiger partial charge in [0.25, 0.3) is 0 Å². The van der Waals surface area contributed by atoms with Crippen LogP contribution in [0.25, 0.3) is 11.0 Å². The summed E-state index contributed by atoms with van der Waals surface area (Å²) in [6, 6.07) is 7.58. The summed E-state index contributed by atoms with van der Waals surface area (Å²) in [7, 11) is 0. The van der Waals surface area contributed by atoms with Crippen LogP contribution in [0, 0.1) is 0 Å². The van der Waals surface area contributed by atoms with E-state index >= 15 is 0 Å². The molecule has 1 atom stereocenters. The highest BCUT2D eigenvalue weighted by Gasteiger charge is 2.28. The van der Waals surface area contributed by atoms with E-state index in [2.05, 4.69) is 9.97 Å². The molecule has 0 saturated heterocycles. The van der Waals surface area contributed by atoms with Crippen LogP contribution in [0.15, 0.2) is 30.6 Å². The fraction of sp³-hybridized carbons (Fsp3) is 0.312. The zero-order valence-electron chi connectivity index (χ0n) is 12.8. The lowest BCUT2D eigenvalue weighted by atomic mass is 10.1. The number of nitrogens with zero attached hydrogens (tertiary/aromatic N) is 4. The number of carbonyl (C=O) groups excluding carboxylic acids is 1. The van der Waals surface area contributed by atoms with Gasteiger partial charge in [-0.3, -0.25) is 4.79 Å². The van der Waals surface area contributed by atoms with Crippen molar-refractivity contribution in [2.75, 3.05) is 12.3 Å². The van der Waals surface area contributed by atoms with Gasteiger partial charge in [-0.25, -0.2) is 9.97 Å². The van der Waals surface area contributed by atoms with E-state index < -0.39 is 0 Å². The minimum Gasteiger partial charge on any atom is -0.375 e. The molecule has 2 aromatic heterocycles. The monoisotopic (exact) mass is 327 g/mol. The number of thiazole rings is 1. The quantitative estimate of drug-likeness (QED) is 0.783. The number of nitrogens with two attached hydrogens (primary N) is 1. The molecular formula is C16H17N5OS. The van der Waals surface area contributed by atoms with Crippen molar-refractivity contribution in [3.63, 3.8) is 0 Å².